The molecule has 0 aliphatic carbocycles. The molecule has 1 aromatic carbocycles. The van der Waals surface area contributed by atoms with E-state index in [9.17, 15) is 0 Å². The Labute approximate surface area is 127 Å². The highest BCUT2D eigenvalue weighted by atomic mass is 79.9. The Hall–Kier alpha value is -1.06. The molecule has 2 rings (SSSR count). The van der Waals surface area contributed by atoms with Crippen molar-refractivity contribution in [1.82, 2.24) is 4.98 Å². The van der Waals surface area contributed by atoms with Crippen molar-refractivity contribution in [2.75, 3.05) is 5.32 Å². The molecule has 0 aliphatic rings. The molecule has 0 saturated heterocycles. The lowest BCUT2D eigenvalue weighted by molar-refractivity contribution is 0.747. The molecule has 0 aliphatic heterocycles. The molecule has 1 N–H and O–H groups in total. The average molecular weight is 340 g/mol. The van der Waals surface area contributed by atoms with Crippen LogP contribution >= 0.6 is 27.5 Å². The Balaban J connectivity index is 2.21. The number of aromatic nitrogens is 1. The summed E-state index contributed by atoms with van der Waals surface area (Å²) in [4.78, 5) is 4.40. The van der Waals surface area contributed by atoms with Crippen molar-refractivity contribution < 1.29 is 0 Å². The molecule has 0 saturated carbocycles. The van der Waals surface area contributed by atoms with E-state index in [0.29, 0.717) is 0 Å². The topological polar surface area (TPSA) is 24.9 Å². The van der Waals surface area contributed by atoms with E-state index in [0.717, 1.165) is 27.4 Å². The zero-order valence-electron chi connectivity index (χ0n) is 11.0. The molecule has 19 heavy (non-hydrogen) atoms. The predicted octanol–water partition coefficient (Wildman–Crippen LogP) is 5.37. The Kier molecular flexibility index (Phi) is 4.83. The van der Waals surface area contributed by atoms with Crippen molar-refractivity contribution in [2.24, 2.45) is 0 Å². The summed E-state index contributed by atoms with van der Waals surface area (Å²) in [6.07, 6.45) is 0.997. The van der Waals surface area contributed by atoms with E-state index in [1.54, 1.807) is 0 Å². The molecule has 4 heteroatoms. The molecule has 1 atom stereocenters. The molecule has 0 radical (unpaired) electrons. The SMILES string of the molecule is CCC(Nc1ccc(Br)nc1C)c1ccc(Cl)cc1. The first-order chi connectivity index (χ1) is 9.10. The monoisotopic (exact) mass is 338 g/mol. The zero-order chi connectivity index (χ0) is 13.8. The summed E-state index contributed by atoms with van der Waals surface area (Å²) in [5.41, 5.74) is 3.28. The molecular weight excluding hydrogens is 324 g/mol. The van der Waals surface area contributed by atoms with Crippen LogP contribution < -0.4 is 5.32 Å². The lowest BCUT2D eigenvalue weighted by Crippen LogP contribution is -2.11. The molecule has 1 heterocycles. The summed E-state index contributed by atoms with van der Waals surface area (Å²) in [5, 5.41) is 4.30. The van der Waals surface area contributed by atoms with Gasteiger partial charge in [-0.1, -0.05) is 30.7 Å². The van der Waals surface area contributed by atoms with Crippen molar-refractivity contribution >= 4 is 33.2 Å². The lowest BCUT2D eigenvalue weighted by atomic mass is 10.0. The molecule has 2 nitrogen and oxygen atoms in total. The molecule has 0 fully saturated rings. The molecule has 0 bridgehead atoms. The Morgan fingerprint density at radius 2 is 1.89 bits per heavy atom. The second-order valence-corrected chi connectivity index (χ2v) is 5.67. The van der Waals surface area contributed by atoms with Gasteiger partial charge in [-0.2, -0.15) is 0 Å². The van der Waals surface area contributed by atoms with E-state index >= 15 is 0 Å². The molecular formula is C15H16BrClN2. The van der Waals surface area contributed by atoms with Crippen LogP contribution in [-0.2, 0) is 0 Å². The molecule has 100 valence electrons. The number of nitrogens with zero attached hydrogens (tertiary/aromatic N) is 1. The van der Waals surface area contributed by atoms with Crippen LogP contribution in [-0.4, -0.2) is 4.98 Å². The minimum atomic E-state index is 0.263. The van der Waals surface area contributed by atoms with E-state index in [2.05, 4.69) is 45.3 Å². The van der Waals surface area contributed by atoms with Gasteiger partial charge >= 0.3 is 0 Å². The Bertz CT molecular complexity index is 555. The van der Waals surface area contributed by atoms with Crippen LogP contribution in [0.4, 0.5) is 5.69 Å². The van der Waals surface area contributed by atoms with Gasteiger partial charge < -0.3 is 5.32 Å². The van der Waals surface area contributed by atoms with E-state index in [-0.39, 0.29) is 6.04 Å². The number of rotatable bonds is 4. The minimum absolute atomic E-state index is 0.263. The number of nitrogens with one attached hydrogen (secondary N) is 1. The maximum Gasteiger partial charge on any atom is 0.106 e. The van der Waals surface area contributed by atoms with E-state index in [1.807, 2.05) is 31.2 Å². The number of anilines is 1. The quantitative estimate of drug-likeness (QED) is 0.758. The summed E-state index contributed by atoms with van der Waals surface area (Å²) in [6.45, 7) is 4.16. The molecule has 0 amide bonds. The molecule has 1 unspecified atom stereocenters. The normalized spacial score (nSPS) is 12.2. The van der Waals surface area contributed by atoms with Crippen molar-refractivity contribution in [3.63, 3.8) is 0 Å². The predicted molar refractivity (Wildman–Crippen MR) is 84.8 cm³/mol. The highest BCUT2D eigenvalue weighted by Crippen LogP contribution is 2.26. The molecule has 1 aromatic heterocycles. The van der Waals surface area contributed by atoms with Crippen LogP contribution in [0.5, 0.6) is 0 Å². The molecule has 0 spiro atoms. The standard InChI is InChI=1S/C15H16BrClN2/c1-3-13(11-4-6-12(17)7-5-11)19-14-8-9-15(16)18-10(14)2/h4-9,13,19H,3H2,1-2H3. The second-order valence-electron chi connectivity index (χ2n) is 4.42. The minimum Gasteiger partial charge on any atom is -0.377 e. The third-order valence-electron chi connectivity index (χ3n) is 3.06. The van der Waals surface area contributed by atoms with Crippen molar-refractivity contribution in [3.05, 3.63) is 57.3 Å². The van der Waals surface area contributed by atoms with Gasteiger partial charge in [0.1, 0.15) is 4.60 Å². The van der Waals surface area contributed by atoms with Crippen molar-refractivity contribution in [1.29, 1.82) is 0 Å². The average Bonchev–Trinajstić information content (AvgIpc) is 2.39. The fourth-order valence-electron chi connectivity index (χ4n) is 1.99. The fraction of sp³-hybridized carbons (Fsp3) is 0.267. The highest BCUT2D eigenvalue weighted by Gasteiger charge is 2.10. The van der Waals surface area contributed by atoms with Crippen molar-refractivity contribution in [3.8, 4) is 0 Å². The largest absolute Gasteiger partial charge is 0.377 e. The van der Waals surface area contributed by atoms with Gasteiger partial charge in [0.25, 0.3) is 0 Å². The summed E-state index contributed by atoms with van der Waals surface area (Å²) in [7, 11) is 0. The number of benzene rings is 1. The molecule has 2 aromatic rings. The van der Waals surface area contributed by atoms with Gasteiger partial charge in [-0.3, -0.25) is 0 Å². The number of halogens is 2. The van der Waals surface area contributed by atoms with Crippen molar-refractivity contribution in [2.45, 2.75) is 26.3 Å². The fourth-order valence-corrected chi connectivity index (χ4v) is 2.51. The first-order valence-corrected chi connectivity index (χ1v) is 7.42. The van der Waals surface area contributed by atoms with Crippen LogP contribution in [0.3, 0.4) is 0 Å². The first kappa shape index (κ1) is 14.4. The van der Waals surface area contributed by atoms with E-state index in [4.69, 9.17) is 11.6 Å². The van der Waals surface area contributed by atoms with Gasteiger partial charge in [-0.25, -0.2) is 4.98 Å². The van der Waals surface area contributed by atoms with Gasteiger partial charge in [-0.15, -0.1) is 0 Å². The van der Waals surface area contributed by atoms with Crippen LogP contribution in [0.15, 0.2) is 41.0 Å². The summed E-state index contributed by atoms with van der Waals surface area (Å²) < 4.78 is 0.857. The van der Waals surface area contributed by atoms with Crippen LogP contribution in [0.1, 0.15) is 30.6 Å². The van der Waals surface area contributed by atoms with Gasteiger partial charge in [0.2, 0.25) is 0 Å². The Morgan fingerprint density at radius 3 is 2.47 bits per heavy atom. The highest BCUT2D eigenvalue weighted by molar-refractivity contribution is 9.10. The number of pyridine rings is 1. The van der Waals surface area contributed by atoms with Gasteiger partial charge in [0.15, 0.2) is 0 Å². The first-order valence-electron chi connectivity index (χ1n) is 6.25. The number of hydrogen-bond acceptors (Lipinski definition) is 2. The summed E-state index contributed by atoms with van der Waals surface area (Å²) in [6, 6.07) is 12.2. The van der Waals surface area contributed by atoms with E-state index in [1.165, 1.54) is 5.56 Å². The Morgan fingerprint density at radius 1 is 1.21 bits per heavy atom. The van der Waals surface area contributed by atoms with E-state index < -0.39 is 0 Å². The summed E-state index contributed by atoms with van der Waals surface area (Å²) in [5.74, 6) is 0. The van der Waals surface area contributed by atoms with Crippen LogP contribution in [0.25, 0.3) is 0 Å². The van der Waals surface area contributed by atoms with Gasteiger partial charge in [0.05, 0.1) is 17.4 Å². The summed E-state index contributed by atoms with van der Waals surface area (Å²) >= 11 is 9.31. The van der Waals surface area contributed by atoms with Gasteiger partial charge in [-0.05, 0) is 59.1 Å². The second kappa shape index (κ2) is 6.40. The number of aryl methyl sites for hydroxylation is 1. The van der Waals surface area contributed by atoms with Crippen LogP contribution in [0.2, 0.25) is 5.02 Å². The smallest absolute Gasteiger partial charge is 0.106 e. The van der Waals surface area contributed by atoms with Crippen LogP contribution in [0, 0.1) is 6.92 Å². The third kappa shape index (κ3) is 3.71. The maximum absolute atomic E-state index is 5.93. The van der Waals surface area contributed by atoms with Gasteiger partial charge in [0, 0.05) is 5.02 Å². The zero-order valence-corrected chi connectivity index (χ0v) is 13.3. The maximum atomic E-state index is 5.93. The number of hydrogen-bond donors (Lipinski definition) is 1. The third-order valence-corrected chi connectivity index (χ3v) is 3.76. The lowest BCUT2D eigenvalue weighted by Gasteiger charge is -2.20.